The number of hydrogen-bond acceptors (Lipinski definition) is 5. The molecule has 0 radical (unpaired) electrons. The first-order chi connectivity index (χ1) is 8.11. The molecule has 6 heteroatoms. The number of nitrogen functional groups attached to an aromatic ring is 1. The van der Waals surface area contributed by atoms with Crippen molar-refractivity contribution >= 4 is 11.5 Å². The van der Waals surface area contributed by atoms with Crippen molar-refractivity contribution in [3.63, 3.8) is 0 Å². The lowest BCUT2D eigenvalue weighted by Crippen LogP contribution is -2.03. The lowest BCUT2D eigenvalue weighted by atomic mass is 10.1. The van der Waals surface area contributed by atoms with Crippen LogP contribution in [0.5, 0.6) is 0 Å². The minimum atomic E-state index is -0.120. The van der Waals surface area contributed by atoms with Gasteiger partial charge in [0.25, 0.3) is 5.82 Å². The highest BCUT2D eigenvalue weighted by atomic mass is 16.1. The SMILES string of the molecule is CC(=O)c1cc(-n2cnc(C#N)n2)ccc1N. The molecular formula is C11H9N5O. The van der Waals surface area contributed by atoms with Crippen molar-refractivity contribution in [2.24, 2.45) is 0 Å². The molecule has 6 nitrogen and oxygen atoms in total. The van der Waals surface area contributed by atoms with Crippen LogP contribution in [-0.4, -0.2) is 20.5 Å². The fraction of sp³-hybridized carbons (Fsp3) is 0.0909. The molecule has 0 saturated carbocycles. The molecule has 1 heterocycles. The van der Waals surface area contributed by atoms with E-state index in [1.165, 1.54) is 17.9 Å². The summed E-state index contributed by atoms with van der Waals surface area (Å²) in [4.78, 5) is 15.1. The summed E-state index contributed by atoms with van der Waals surface area (Å²) in [5, 5.41) is 12.5. The quantitative estimate of drug-likeness (QED) is 0.607. The van der Waals surface area contributed by atoms with Crippen molar-refractivity contribution in [1.29, 1.82) is 5.26 Å². The molecule has 0 spiro atoms. The molecule has 0 bridgehead atoms. The van der Waals surface area contributed by atoms with Gasteiger partial charge in [-0.15, -0.1) is 5.10 Å². The predicted octanol–water partition coefficient (Wildman–Crippen LogP) is 0.924. The van der Waals surface area contributed by atoms with Crippen LogP contribution < -0.4 is 5.73 Å². The van der Waals surface area contributed by atoms with Crippen LogP contribution in [0.25, 0.3) is 5.69 Å². The van der Waals surface area contributed by atoms with Crippen LogP contribution in [0.15, 0.2) is 24.5 Å². The van der Waals surface area contributed by atoms with Gasteiger partial charge in [0, 0.05) is 11.3 Å². The first kappa shape index (κ1) is 10.8. The molecule has 0 amide bonds. The Bertz CT molecular complexity index is 623. The smallest absolute Gasteiger partial charge is 0.252 e. The normalized spacial score (nSPS) is 9.88. The van der Waals surface area contributed by atoms with E-state index in [0.29, 0.717) is 16.9 Å². The number of carbonyl (C=O) groups excluding carboxylic acids is 1. The molecular weight excluding hydrogens is 218 g/mol. The highest BCUT2D eigenvalue weighted by molar-refractivity contribution is 5.99. The van der Waals surface area contributed by atoms with Crippen molar-refractivity contribution in [3.8, 4) is 11.8 Å². The van der Waals surface area contributed by atoms with E-state index in [-0.39, 0.29) is 11.6 Å². The van der Waals surface area contributed by atoms with Gasteiger partial charge in [-0.05, 0) is 25.1 Å². The van der Waals surface area contributed by atoms with E-state index in [9.17, 15) is 4.79 Å². The number of nitrogens with zero attached hydrogens (tertiary/aromatic N) is 4. The fourth-order valence-electron chi connectivity index (χ4n) is 1.43. The van der Waals surface area contributed by atoms with Gasteiger partial charge in [0.05, 0.1) is 5.69 Å². The molecule has 0 aliphatic rings. The molecule has 0 fully saturated rings. The third-order valence-electron chi connectivity index (χ3n) is 2.27. The van der Waals surface area contributed by atoms with Crippen LogP contribution in [0, 0.1) is 11.3 Å². The van der Waals surface area contributed by atoms with E-state index in [1.807, 2.05) is 6.07 Å². The Labute approximate surface area is 97.3 Å². The van der Waals surface area contributed by atoms with Crippen LogP contribution in [-0.2, 0) is 0 Å². The van der Waals surface area contributed by atoms with Crippen molar-refractivity contribution in [1.82, 2.24) is 14.8 Å². The molecule has 84 valence electrons. The summed E-state index contributed by atoms with van der Waals surface area (Å²) in [6.45, 7) is 1.44. The van der Waals surface area contributed by atoms with Gasteiger partial charge in [-0.25, -0.2) is 9.67 Å². The lowest BCUT2D eigenvalue weighted by molar-refractivity contribution is 0.101. The number of rotatable bonds is 2. The molecule has 2 N–H and O–H groups in total. The lowest BCUT2D eigenvalue weighted by Gasteiger charge is -2.05. The Hall–Kier alpha value is -2.68. The molecule has 17 heavy (non-hydrogen) atoms. The molecule has 0 aliphatic carbocycles. The highest BCUT2D eigenvalue weighted by Crippen LogP contribution is 2.17. The zero-order chi connectivity index (χ0) is 12.4. The molecule has 1 aromatic heterocycles. The zero-order valence-corrected chi connectivity index (χ0v) is 9.08. The zero-order valence-electron chi connectivity index (χ0n) is 9.08. The average molecular weight is 227 g/mol. The van der Waals surface area contributed by atoms with Crippen molar-refractivity contribution in [2.45, 2.75) is 6.92 Å². The standard InChI is InChI=1S/C11H9N5O/c1-7(17)9-4-8(2-3-10(9)13)16-6-14-11(5-12)15-16/h2-4,6H,13H2,1H3. The summed E-state index contributed by atoms with van der Waals surface area (Å²) in [5.41, 5.74) is 7.16. The maximum Gasteiger partial charge on any atom is 0.252 e. The molecule has 0 aliphatic heterocycles. The van der Waals surface area contributed by atoms with Crippen LogP contribution in [0.2, 0.25) is 0 Å². The molecule has 0 unspecified atom stereocenters. The van der Waals surface area contributed by atoms with Gasteiger partial charge in [-0.1, -0.05) is 0 Å². The number of anilines is 1. The molecule has 2 aromatic rings. The summed E-state index contributed by atoms with van der Waals surface area (Å²) in [6.07, 6.45) is 1.41. The summed E-state index contributed by atoms with van der Waals surface area (Å²) >= 11 is 0. The maximum atomic E-state index is 11.3. The van der Waals surface area contributed by atoms with E-state index in [2.05, 4.69) is 10.1 Å². The number of nitrogens with two attached hydrogens (primary N) is 1. The molecule has 2 rings (SSSR count). The van der Waals surface area contributed by atoms with Gasteiger partial charge in [0.2, 0.25) is 0 Å². The van der Waals surface area contributed by atoms with Crippen molar-refractivity contribution in [3.05, 3.63) is 35.9 Å². The molecule has 0 atom stereocenters. The Morgan fingerprint density at radius 3 is 2.88 bits per heavy atom. The minimum absolute atomic E-state index is 0.0752. The van der Waals surface area contributed by atoms with Gasteiger partial charge >= 0.3 is 0 Å². The summed E-state index contributed by atoms with van der Waals surface area (Å²) in [5.74, 6) is -0.0452. The Kier molecular flexibility index (Phi) is 2.58. The van der Waals surface area contributed by atoms with Crippen LogP contribution in [0.3, 0.4) is 0 Å². The number of hydrogen-bond donors (Lipinski definition) is 1. The van der Waals surface area contributed by atoms with Crippen molar-refractivity contribution in [2.75, 3.05) is 5.73 Å². The summed E-state index contributed by atoms with van der Waals surface area (Å²) < 4.78 is 1.42. The number of benzene rings is 1. The van der Waals surface area contributed by atoms with Gasteiger partial charge < -0.3 is 5.73 Å². The third-order valence-corrected chi connectivity index (χ3v) is 2.27. The minimum Gasteiger partial charge on any atom is -0.398 e. The summed E-state index contributed by atoms with van der Waals surface area (Å²) in [7, 11) is 0. The van der Waals surface area contributed by atoms with Gasteiger partial charge in [0.1, 0.15) is 12.4 Å². The van der Waals surface area contributed by atoms with E-state index < -0.39 is 0 Å². The fourth-order valence-corrected chi connectivity index (χ4v) is 1.43. The number of ketones is 1. The molecule has 1 aromatic carbocycles. The second-order valence-corrected chi connectivity index (χ2v) is 3.45. The maximum absolute atomic E-state index is 11.3. The first-order valence-corrected chi connectivity index (χ1v) is 4.84. The van der Waals surface area contributed by atoms with E-state index in [4.69, 9.17) is 11.0 Å². The van der Waals surface area contributed by atoms with Gasteiger partial charge in [-0.3, -0.25) is 4.79 Å². The van der Waals surface area contributed by atoms with E-state index >= 15 is 0 Å². The van der Waals surface area contributed by atoms with Crippen LogP contribution >= 0.6 is 0 Å². The number of nitriles is 1. The van der Waals surface area contributed by atoms with Crippen LogP contribution in [0.4, 0.5) is 5.69 Å². The predicted molar refractivity (Wildman–Crippen MR) is 60.5 cm³/mol. The van der Waals surface area contributed by atoms with Gasteiger partial charge in [0.15, 0.2) is 5.78 Å². The average Bonchev–Trinajstić information content (AvgIpc) is 2.78. The van der Waals surface area contributed by atoms with E-state index in [1.54, 1.807) is 18.2 Å². The largest absolute Gasteiger partial charge is 0.398 e. The Morgan fingerprint density at radius 2 is 2.29 bits per heavy atom. The Morgan fingerprint density at radius 1 is 1.53 bits per heavy atom. The number of aromatic nitrogens is 3. The second-order valence-electron chi connectivity index (χ2n) is 3.45. The van der Waals surface area contributed by atoms with Crippen LogP contribution in [0.1, 0.15) is 23.1 Å². The Balaban J connectivity index is 2.50. The summed E-state index contributed by atoms with van der Waals surface area (Å²) in [6, 6.07) is 6.78. The number of carbonyl (C=O) groups is 1. The second kappa shape index (κ2) is 4.06. The monoisotopic (exact) mass is 227 g/mol. The molecule has 0 saturated heterocycles. The van der Waals surface area contributed by atoms with E-state index in [0.717, 1.165) is 0 Å². The third kappa shape index (κ3) is 1.99. The topological polar surface area (TPSA) is 97.6 Å². The highest BCUT2D eigenvalue weighted by Gasteiger charge is 2.08. The number of Topliss-reactive ketones (excluding diaryl/α,β-unsaturated/α-hetero) is 1. The van der Waals surface area contributed by atoms with Crippen molar-refractivity contribution < 1.29 is 4.79 Å². The first-order valence-electron chi connectivity index (χ1n) is 4.84. The van der Waals surface area contributed by atoms with Gasteiger partial charge in [-0.2, -0.15) is 5.26 Å².